The van der Waals surface area contributed by atoms with Gasteiger partial charge in [0, 0.05) is 30.8 Å². The van der Waals surface area contributed by atoms with Crippen LogP contribution in [0, 0.1) is 0 Å². The van der Waals surface area contributed by atoms with Crippen molar-refractivity contribution in [1.29, 1.82) is 0 Å². The topological polar surface area (TPSA) is 80.2 Å². The fourth-order valence-corrected chi connectivity index (χ4v) is 3.38. The second kappa shape index (κ2) is 9.09. The van der Waals surface area contributed by atoms with Gasteiger partial charge in [0.05, 0.1) is 11.3 Å². The van der Waals surface area contributed by atoms with Crippen molar-refractivity contribution in [3.63, 3.8) is 0 Å². The number of fused-ring (bicyclic) bond motifs is 1. The third-order valence-corrected chi connectivity index (χ3v) is 5.00. The van der Waals surface area contributed by atoms with Crippen molar-refractivity contribution in [2.24, 2.45) is 0 Å². The smallest absolute Gasteiger partial charge is 0.271 e. The number of hydrazine groups is 1. The molecule has 0 aliphatic carbocycles. The van der Waals surface area contributed by atoms with E-state index < -0.39 is 11.8 Å². The number of carbonyl (C=O) groups excluding carboxylic acids is 3. The molecule has 4 aromatic rings. The quantitative estimate of drug-likeness (QED) is 0.371. The summed E-state index contributed by atoms with van der Waals surface area (Å²) in [7, 11) is 0. The predicted octanol–water partition coefficient (Wildman–Crippen LogP) is 4.05. The molecule has 1 aromatic heterocycles. The van der Waals surface area contributed by atoms with E-state index in [1.165, 1.54) is 0 Å². The number of nitrogens with zero attached hydrogens (tertiary/aromatic N) is 1. The summed E-state index contributed by atoms with van der Waals surface area (Å²) < 4.78 is 1.82. The lowest BCUT2D eigenvalue weighted by atomic mass is 10.0. The Balaban J connectivity index is 1.32. The molecule has 0 unspecified atom stereocenters. The molecule has 6 heteroatoms. The minimum Gasteiger partial charge on any atom is -0.323 e. The Hall–Kier alpha value is -4.19. The summed E-state index contributed by atoms with van der Waals surface area (Å²) in [4.78, 5) is 37.2. The van der Waals surface area contributed by atoms with Crippen LogP contribution in [0.15, 0.2) is 91.3 Å². The molecule has 1 heterocycles. The highest BCUT2D eigenvalue weighted by Crippen LogP contribution is 2.17. The first-order valence-electron chi connectivity index (χ1n) is 9.95. The summed E-state index contributed by atoms with van der Waals surface area (Å²) in [5, 5.41) is 2.03. The van der Waals surface area contributed by atoms with E-state index in [1.54, 1.807) is 18.2 Å². The van der Waals surface area contributed by atoms with Crippen LogP contribution >= 0.6 is 0 Å². The van der Waals surface area contributed by atoms with Crippen molar-refractivity contribution in [3.8, 4) is 5.69 Å². The second-order valence-electron chi connectivity index (χ2n) is 7.09. The lowest BCUT2D eigenvalue weighted by Crippen LogP contribution is -2.42. The fourth-order valence-electron chi connectivity index (χ4n) is 3.38. The van der Waals surface area contributed by atoms with Gasteiger partial charge in [-0.1, -0.05) is 48.5 Å². The van der Waals surface area contributed by atoms with Crippen LogP contribution in [0.5, 0.6) is 0 Å². The number of aromatic nitrogens is 1. The van der Waals surface area contributed by atoms with Gasteiger partial charge in [-0.15, -0.1) is 0 Å². The molecule has 154 valence electrons. The van der Waals surface area contributed by atoms with E-state index in [4.69, 9.17) is 0 Å². The normalized spacial score (nSPS) is 10.6. The van der Waals surface area contributed by atoms with Crippen molar-refractivity contribution < 1.29 is 14.4 Å². The van der Waals surface area contributed by atoms with Gasteiger partial charge in [-0.2, -0.15) is 0 Å². The summed E-state index contributed by atoms with van der Waals surface area (Å²) in [6.07, 6.45) is 3.71. The van der Waals surface area contributed by atoms with Gasteiger partial charge in [0.25, 0.3) is 5.91 Å². The number of carbonyl (C=O) groups is 3. The summed E-state index contributed by atoms with van der Waals surface area (Å²) in [5.41, 5.74) is 6.50. The third kappa shape index (κ3) is 4.70. The van der Waals surface area contributed by atoms with Gasteiger partial charge in [-0.05, 0) is 41.1 Å². The number of benzene rings is 3. The molecule has 4 rings (SSSR count). The standard InChI is InChI=1S/C25H21N3O3/c29-23(20-12-11-18-7-1-2-8-19(18)17-20)13-14-24(30)26-27-25(31)21-9-3-4-10-22(21)28-15-5-6-16-28/h1-12,15-17H,13-14H2,(H,26,30)(H,27,31). The number of para-hydroxylation sites is 1. The molecule has 0 saturated carbocycles. The van der Waals surface area contributed by atoms with E-state index in [0.29, 0.717) is 16.8 Å². The molecular formula is C25H21N3O3. The first-order chi connectivity index (χ1) is 15.1. The van der Waals surface area contributed by atoms with E-state index in [2.05, 4.69) is 10.9 Å². The highest BCUT2D eigenvalue weighted by Gasteiger charge is 2.14. The number of rotatable bonds is 6. The molecule has 2 N–H and O–H groups in total. The van der Waals surface area contributed by atoms with Gasteiger partial charge in [0.15, 0.2) is 5.78 Å². The molecule has 0 radical (unpaired) electrons. The zero-order valence-electron chi connectivity index (χ0n) is 16.7. The van der Waals surface area contributed by atoms with Crippen molar-refractivity contribution >= 4 is 28.4 Å². The Bertz CT molecular complexity index is 1250. The molecule has 0 fully saturated rings. The van der Waals surface area contributed by atoms with Gasteiger partial charge < -0.3 is 4.57 Å². The number of hydrogen-bond donors (Lipinski definition) is 2. The Morgan fingerprint density at radius 1 is 0.710 bits per heavy atom. The number of ketones is 1. The van der Waals surface area contributed by atoms with Gasteiger partial charge in [0.1, 0.15) is 0 Å². The van der Waals surface area contributed by atoms with Gasteiger partial charge in [-0.25, -0.2) is 0 Å². The molecule has 0 bridgehead atoms. The van der Waals surface area contributed by atoms with E-state index in [9.17, 15) is 14.4 Å². The fraction of sp³-hybridized carbons (Fsp3) is 0.0800. The van der Waals surface area contributed by atoms with Crippen LogP contribution < -0.4 is 10.9 Å². The minimum atomic E-state index is -0.432. The third-order valence-electron chi connectivity index (χ3n) is 5.00. The van der Waals surface area contributed by atoms with Crippen molar-refractivity contribution in [1.82, 2.24) is 15.4 Å². The Morgan fingerprint density at radius 3 is 2.23 bits per heavy atom. The van der Waals surface area contributed by atoms with Gasteiger partial charge in [0.2, 0.25) is 5.91 Å². The summed E-state index contributed by atoms with van der Waals surface area (Å²) in [6.45, 7) is 0. The lowest BCUT2D eigenvalue weighted by molar-refractivity contribution is -0.121. The van der Waals surface area contributed by atoms with Crippen molar-refractivity contribution in [2.75, 3.05) is 0 Å². The number of Topliss-reactive ketones (excluding diaryl/α,β-unsaturated/α-hetero) is 1. The Labute approximate surface area is 179 Å². The molecule has 6 nitrogen and oxygen atoms in total. The number of amides is 2. The summed E-state index contributed by atoms with van der Waals surface area (Å²) in [5.74, 6) is -0.982. The molecular weight excluding hydrogens is 390 g/mol. The number of nitrogens with one attached hydrogen (secondary N) is 2. The first kappa shape index (κ1) is 20.1. The van der Waals surface area contributed by atoms with Crippen molar-refractivity contribution in [2.45, 2.75) is 12.8 Å². The van der Waals surface area contributed by atoms with Crippen LogP contribution in [0.3, 0.4) is 0 Å². The average Bonchev–Trinajstić information content (AvgIpc) is 3.35. The molecule has 0 aliphatic rings. The SMILES string of the molecule is O=C(CCC(=O)c1ccc2ccccc2c1)NNC(=O)c1ccccc1-n1cccc1. The van der Waals surface area contributed by atoms with Gasteiger partial charge >= 0.3 is 0 Å². The predicted molar refractivity (Wildman–Crippen MR) is 119 cm³/mol. The average molecular weight is 411 g/mol. The molecule has 0 spiro atoms. The zero-order chi connectivity index (χ0) is 21.6. The summed E-state index contributed by atoms with van der Waals surface area (Å²) >= 11 is 0. The maximum atomic E-state index is 12.5. The van der Waals surface area contributed by atoms with Gasteiger partial charge in [-0.3, -0.25) is 25.2 Å². The van der Waals surface area contributed by atoms with Crippen LogP contribution in [0.25, 0.3) is 16.5 Å². The molecule has 0 atom stereocenters. The van der Waals surface area contributed by atoms with E-state index >= 15 is 0 Å². The highest BCUT2D eigenvalue weighted by molar-refractivity contribution is 6.02. The molecule has 3 aromatic carbocycles. The van der Waals surface area contributed by atoms with Crippen LogP contribution in [0.1, 0.15) is 33.6 Å². The molecule has 0 aliphatic heterocycles. The summed E-state index contributed by atoms with van der Waals surface area (Å²) in [6, 6.07) is 24.1. The van der Waals surface area contributed by atoms with E-state index in [0.717, 1.165) is 10.8 Å². The van der Waals surface area contributed by atoms with Crippen LogP contribution in [0.2, 0.25) is 0 Å². The Kier molecular flexibility index (Phi) is 5.89. The Morgan fingerprint density at radius 2 is 1.42 bits per heavy atom. The van der Waals surface area contributed by atoms with Crippen LogP contribution in [0.4, 0.5) is 0 Å². The number of hydrogen-bond acceptors (Lipinski definition) is 3. The molecule has 31 heavy (non-hydrogen) atoms. The van der Waals surface area contributed by atoms with Crippen molar-refractivity contribution in [3.05, 3.63) is 102 Å². The monoisotopic (exact) mass is 411 g/mol. The minimum absolute atomic E-state index is 0.0226. The van der Waals surface area contributed by atoms with E-state index in [1.807, 2.05) is 77.6 Å². The molecule has 0 saturated heterocycles. The maximum absolute atomic E-state index is 12.5. The van der Waals surface area contributed by atoms with Crippen LogP contribution in [-0.2, 0) is 4.79 Å². The largest absolute Gasteiger partial charge is 0.323 e. The molecule has 2 amide bonds. The second-order valence-corrected chi connectivity index (χ2v) is 7.09. The van der Waals surface area contributed by atoms with Crippen LogP contribution in [-0.4, -0.2) is 22.2 Å². The van der Waals surface area contributed by atoms with E-state index in [-0.39, 0.29) is 18.6 Å². The maximum Gasteiger partial charge on any atom is 0.271 e. The lowest BCUT2D eigenvalue weighted by Gasteiger charge is -2.12. The first-order valence-corrected chi connectivity index (χ1v) is 9.95. The zero-order valence-corrected chi connectivity index (χ0v) is 16.7. The highest BCUT2D eigenvalue weighted by atomic mass is 16.2.